The van der Waals surface area contributed by atoms with Gasteiger partial charge in [-0.2, -0.15) is 0 Å². The third kappa shape index (κ3) is 4.11. The largest absolute Gasteiger partial charge is 0.480 e. The predicted molar refractivity (Wildman–Crippen MR) is 105 cm³/mol. The Morgan fingerprint density at radius 2 is 1.59 bits per heavy atom. The van der Waals surface area contributed by atoms with Crippen molar-refractivity contribution < 1.29 is 19.5 Å². The molecule has 0 spiro atoms. The van der Waals surface area contributed by atoms with E-state index in [9.17, 15) is 19.5 Å². The summed E-state index contributed by atoms with van der Waals surface area (Å²) in [5.74, 6) is -2.34. The molecule has 0 bridgehead atoms. The Morgan fingerprint density at radius 3 is 2.19 bits per heavy atom. The maximum atomic E-state index is 13.3. The number of Topliss-reactive ketones (excluding diaryl/α,β-unsaturated/α-hetero) is 1. The molecule has 0 aliphatic carbocycles. The maximum Gasteiger partial charge on any atom is 0.326 e. The van der Waals surface area contributed by atoms with Crippen LogP contribution in [0.1, 0.15) is 34.7 Å². The van der Waals surface area contributed by atoms with E-state index >= 15 is 0 Å². The molecule has 1 N–H and O–H groups in total. The van der Waals surface area contributed by atoms with Crippen molar-refractivity contribution in [2.24, 2.45) is 0 Å². The van der Waals surface area contributed by atoms with Crippen molar-refractivity contribution in [3.05, 3.63) is 71.8 Å². The predicted octanol–water partition coefficient (Wildman–Crippen LogP) is 3.49. The molecule has 140 valence electrons. The van der Waals surface area contributed by atoms with Crippen LogP contribution in [0, 0.1) is 0 Å². The van der Waals surface area contributed by atoms with Gasteiger partial charge in [-0.3, -0.25) is 9.59 Å². The number of rotatable bonds is 6. The van der Waals surface area contributed by atoms with Crippen molar-refractivity contribution in [3.63, 3.8) is 0 Å². The van der Waals surface area contributed by atoms with Crippen molar-refractivity contribution >= 4 is 33.6 Å². The summed E-state index contributed by atoms with van der Waals surface area (Å²) in [5.41, 5.74) is 1.19. The van der Waals surface area contributed by atoms with Gasteiger partial charge in [0.1, 0.15) is 6.04 Å². The van der Waals surface area contributed by atoms with Crippen LogP contribution in [0.2, 0.25) is 0 Å². The number of alkyl halides is 1. The zero-order valence-electron chi connectivity index (χ0n) is 14.6. The lowest BCUT2D eigenvalue weighted by Crippen LogP contribution is -2.45. The van der Waals surface area contributed by atoms with E-state index in [1.165, 1.54) is 4.90 Å². The number of nitrogens with zero attached hydrogens (tertiary/aromatic N) is 1. The van der Waals surface area contributed by atoms with Crippen LogP contribution in [-0.2, 0) is 9.59 Å². The Bertz CT molecular complexity index is 825. The van der Waals surface area contributed by atoms with Crippen LogP contribution in [0.25, 0.3) is 0 Å². The second-order valence-electron chi connectivity index (χ2n) is 6.55. The number of hydrogen-bond donors (Lipinski definition) is 1. The van der Waals surface area contributed by atoms with E-state index in [1.54, 1.807) is 48.5 Å². The molecule has 2 unspecified atom stereocenters. The van der Waals surface area contributed by atoms with Gasteiger partial charge in [-0.15, -0.1) is 0 Å². The topological polar surface area (TPSA) is 74.7 Å². The molecule has 0 radical (unpaired) electrons. The van der Waals surface area contributed by atoms with Crippen LogP contribution in [0.4, 0.5) is 0 Å². The van der Waals surface area contributed by atoms with Gasteiger partial charge in [0.05, 0.1) is 10.7 Å². The molecule has 1 saturated heterocycles. The number of hydrogen-bond acceptors (Lipinski definition) is 3. The molecule has 1 aliphatic rings. The molecule has 2 aromatic rings. The number of carboxylic acid groups (broad SMARTS) is 1. The van der Waals surface area contributed by atoms with Crippen LogP contribution in [0.15, 0.2) is 60.7 Å². The molecule has 2 aromatic carbocycles. The molecule has 6 heteroatoms. The number of likely N-dealkylation sites (tertiary alicyclic amines) is 1. The van der Waals surface area contributed by atoms with Gasteiger partial charge in [-0.1, -0.05) is 76.6 Å². The van der Waals surface area contributed by atoms with E-state index in [1.807, 2.05) is 12.1 Å². The van der Waals surface area contributed by atoms with Crippen LogP contribution in [0.3, 0.4) is 0 Å². The minimum absolute atomic E-state index is 0.205. The van der Waals surface area contributed by atoms with Gasteiger partial charge >= 0.3 is 5.97 Å². The quantitative estimate of drug-likeness (QED) is 0.563. The summed E-state index contributed by atoms with van der Waals surface area (Å²) >= 11 is 3.44. The molecule has 1 amide bonds. The number of amides is 1. The summed E-state index contributed by atoms with van der Waals surface area (Å²) in [6.07, 6.45) is 1.08. The summed E-state index contributed by atoms with van der Waals surface area (Å²) in [7, 11) is 0. The lowest BCUT2D eigenvalue weighted by molar-refractivity contribution is -0.148. The Hall–Kier alpha value is -2.47. The zero-order valence-corrected chi connectivity index (χ0v) is 16.2. The summed E-state index contributed by atoms with van der Waals surface area (Å²) in [4.78, 5) is 38.4. The summed E-state index contributed by atoms with van der Waals surface area (Å²) < 4.78 is 0. The average molecular weight is 430 g/mol. The van der Waals surface area contributed by atoms with Gasteiger partial charge in [0.25, 0.3) is 0 Å². The normalized spacial score (nSPS) is 18.7. The van der Waals surface area contributed by atoms with Crippen LogP contribution < -0.4 is 0 Å². The Kier molecular flexibility index (Phi) is 6.06. The molecule has 1 fully saturated rings. The Labute approximate surface area is 166 Å². The van der Waals surface area contributed by atoms with E-state index in [4.69, 9.17) is 0 Å². The first-order chi connectivity index (χ1) is 13.0. The number of benzene rings is 2. The van der Waals surface area contributed by atoms with Crippen molar-refractivity contribution in [2.75, 3.05) is 6.54 Å². The minimum Gasteiger partial charge on any atom is -0.480 e. The minimum atomic E-state index is -1.01. The number of ketones is 1. The van der Waals surface area contributed by atoms with Gasteiger partial charge < -0.3 is 10.0 Å². The van der Waals surface area contributed by atoms with E-state index in [2.05, 4.69) is 15.9 Å². The van der Waals surface area contributed by atoms with Gasteiger partial charge in [0.2, 0.25) is 5.91 Å². The average Bonchev–Trinajstić information content (AvgIpc) is 3.19. The summed E-state index contributed by atoms with van der Waals surface area (Å²) in [6, 6.07) is 17.0. The Balaban J connectivity index is 1.95. The zero-order chi connectivity index (χ0) is 19.4. The first kappa shape index (κ1) is 19.3. The van der Waals surface area contributed by atoms with E-state index in [0.717, 1.165) is 0 Å². The molecular weight excluding hydrogens is 410 g/mol. The third-order valence-corrected chi connectivity index (χ3v) is 5.79. The highest BCUT2D eigenvalue weighted by Gasteiger charge is 2.41. The highest BCUT2D eigenvalue weighted by molar-refractivity contribution is 9.10. The highest BCUT2D eigenvalue weighted by atomic mass is 79.9. The SMILES string of the molecule is O=C(c1ccccc1)C(Br)C(C(=O)N1CCC[C@H]1C(=O)O)c1ccccc1. The molecule has 1 heterocycles. The monoisotopic (exact) mass is 429 g/mol. The molecule has 5 nitrogen and oxygen atoms in total. The molecule has 1 aliphatic heterocycles. The van der Waals surface area contributed by atoms with Crippen LogP contribution in [-0.4, -0.2) is 45.1 Å². The lowest BCUT2D eigenvalue weighted by atomic mass is 9.90. The molecule has 27 heavy (non-hydrogen) atoms. The third-order valence-electron chi connectivity index (χ3n) is 4.85. The van der Waals surface area contributed by atoms with Crippen molar-refractivity contribution in [1.29, 1.82) is 0 Å². The fourth-order valence-electron chi connectivity index (χ4n) is 3.48. The number of halogens is 1. The van der Waals surface area contributed by atoms with E-state index in [-0.39, 0.29) is 11.7 Å². The van der Waals surface area contributed by atoms with Gasteiger partial charge in [-0.25, -0.2) is 4.79 Å². The standard InChI is InChI=1S/C21H20BrNO4/c22-18(19(24)15-10-5-2-6-11-15)17(14-8-3-1-4-9-14)20(25)23-13-7-12-16(23)21(26)27/h1-6,8-11,16-18H,7,12-13H2,(H,26,27)/t16-,17?,18?/m0/s1. The van der Waals surface area contributed by atoms with E-state index in [0.29, 0.717) is 30.5 Å². The Morgan fingerprint density at radius 1 is 1.00 bits per heavy atom. The van der Waals surface area contributed by atoms with Crippen LogP contribution in [0.5, 0.6) is 0 Å². The summed E-state index contributed by atoms with van der Waals surface area (Å²) in [5, 5.41) is 9.44. The second-order valence-corrected chi connectivity index (χ2v) is 7.53. The molecule has 3 atom stereocenters. The number of aliphatic carboxylic acids is 1. The van der Waals surface area contributed by atoms with Crippen molar-refractivity contribution in [1.82, 2.24) is 4.90 Å². The van der Waals surface area contributed by atoms with Crippen molar-refractivity contribution in [3.8, 4) is 0 Å². The fraction of sp³-hybridized carbons (Fsp3) is 0.286. The van der Waals surface area contributed by atoms with Gasteiger partial charge in [-0.05, 0) is 18.4 Å². The van der Waals surface area contributed by atoms with Gasteiger partial charge in [0.15, 0.2) is 5.78 Å². The summed E-state index contributed by atoms with van der Waals surface area (Å²) in [6.45, 7) is 0.387. The smallest absolute Gasteiger partial charge is 0.326 e. The number of carboxylic acids is 1. The molecule has 3 rings (SSSR count). The first-order valence-electron chi connectivity index (χ1n) is 8.82. The van der Waals surface area contributed by atoms with Gasteiger partial charge in [0, 0.05) is 12.1 Å². The number of carbonyl (C=O) groups is 3. The van der Waals surface area contributed by atoms with E-state index < -0.39 is 22.8 Å². The number of carbonyl (C=O) groups excluding carboxylic acids is 2. The lowest BCUT2D eigenvalue weighted by Gasteiger charge is -2.29. The van der Waals surface area contributed by atoms with Crippen molar-refractivity contribution in [2.45, 2.75) is 29.6 Å². The fourth-order valence-corrected chi connectivity index (χ4v) is 4.27. The first-order valence-corrected chi connectivity index (χ1v) is 9.74. The molecular formula is C21H20BrNO4. The molecule has 0 aromatic heterocycles. The second kappa shape index (κ2) is 8.48. The highest BCUT2D eigenvalue weighted by Crippen LogP contribution is 2.32. The maximum absolute atomic E-state index is 13.3. The van der Waals surface area contributed by atoms with Crippen LogP contribution >= 0.6 is 15.9 Å². The molecule has 0 saturated carbocycles.